The zero-order valence-corrected chi connectivity index (χ0v) is 9.44. The highest BCUT2D eigenvalue weighted by Crippen LogP contribution is 2.24. The van der Waals surface area contributed by atoms with E-state index in [0.29, 0.717) is 13.1 Å². The molecule has 1 aliphatic heterocycles. The second-order valence-electron chi connectivity index (χ2n) is 3.53. The summed E-state index contributed by atoms with van der Waals surface area (Å²) < 4.78 is 0.740. The quantitative estimate of drug-likeness (QED) is 0.800. The highest BCUT2D eigenvalue weighted by Gasteiger charge is 2.30. The van der Waals surface area contributed by atoms with E-state index in [1.807, 2.05) is 0 Å². The molecule has 80 valence electrons. The minimum atomic E-state index is -0.428. The topological polar surface area (TPSA) is 60.8 Å². The Morgan fingerprint density at radius 3 is 2.73 bits per heavy atom. The molecule has 2 rings (SSSR count). The minimum absolute atomic E-state index is 0.0374. The van der Waals surface area contributed by atoms with Gasteiger partial charge in [0.05, 0.1) is 11.7 Å². The Morgan fingerprint density at radius 2 is 2.13 bits per heavy atom. The van der Waals surface area contributed by atoms with E-state index in [1.165, 1.54) is 11.0 Å². The maximum Gasteiger partial charge on any atom is 0.257 e. The van der Waals surface area contributed by atoms with Crippen molar-refractivity contribution in [1.29, 1.82) is 0 Å². The minimum Gasteiger partial charge on any atom is -0.507 e. The number of hydrogen-bond donors (Lipinski definition) is 2. The van der Waals surface area contributed by atoms with Crippen LogP contribution in [-0.2, 0) is 0 Å². The SMILES string of the molecule is O=C(c1cc(Br)ccc1O)N1CC(O)C1. The summed E-state index contributed by atoms with van der Waals surface area (Å²) in [5.41, 5.74) is 0.260. The number of phenolic OH excluding ortho intramolecular Hbond substituents is 1. The number of nitrogens with zero attached hydrogens (tertiary/aromatic N) is 1. The highest BCUT2D eigenvalue weighted by atomic mass is 79.9. The van der Waals surface area contributed by atoms with Gasteiger partial charge in [-0.05, 0) is 18.2 Å². The Labute approximate surface area is 95.3 Å². The molecule has 1 amide bonds. The first-order valence-corrected chi connectivity index (χ1v) is 5.33. The molecule has 1 aliphatic rings. The maximum absolute atomic E-state index is 11.8. The number of carbonyl (C=O) groups is 1. The van der Waals surface area contributed by atoms with Gasteiger partial charge in [-0.15, -0.1) is 0 Å². The Bertz CT molecular complexity index is 402. The van der Waals surface area contributed by atoms with Gasteiger partial charge in [0, 0.05) is 17.6 Å². The largest absolute Gasteiger partial charge is 0.507 e. The summed E-state index contributed by atoms with van der Waals surface area (Å²) in [4.78, 5) is 13.3. The highest BCUT2D eigenvalue weighted by molar-refractivity contribution is 9.10. The molecule has 1 aromatic rings. The molecular weight excluding hydrogens is 262 g/mol. The van der Waals surface area contributed by atoms with Crippen molar-refractivity contribution >= 4 is 21.8 Å². The summed E-state index contributed by atoms with van der Waals surface area (Å²) >= 11 is 3.23. The molecule has 0 aromatic heterocycles. The molecule has 0 saturated carbocycles. The average molecular weight is 272 g/mol. The fourth-order valence-electron chi connectivity index (χ4n) is 1.47. The molecule has 1 fully saturated rings. The molecule has 0 aliphatic carbocycles. The van der Waals surface area contributed by atoms with Gasteiger partial charge in [-0.1, -0.05) is 15.9 Å². The van der Waals surface area contributed by atoms with Gasteiger partial charge >= 0.3 is 0 Å². The summed E-state index contributed by atoms with van der Waals surface area (Å²) in [5.74, 6) is -0.288. The molecule has 1 aromatic carbocycles. The van der Waals surface area contributed by atoms with Gasteiger partial charge in [0.25, 0.3) is 5.91 Å². The standard InChI is InChI=1S/C10H10BrNO3/c11-6-1-2-9(14)8(3-6)10(15)12-4-7(13)5-12/h1-3,7,13-14H,4-5H2. The Hall–Kier alpha value is -1.07. The van der Waals surface area contributed by atoms with Crippen molar-refractivity contribution in [3.8, 4) is 5.75 Å². The molecule has 0 spiro atoms. The zero-order chi connectivity index (χ0) is 11.0. The number of carbonyl (C=O) groups excluding carboxylic acids is 1. The molecule has 0 bridgehead atoms. The van der Waals surface area contributed by atoms with E-state index in [9.17, 15) is 9.90 Å². The van der Waals surface area contributed by atoms with Crippen LogP contribution in [0.3, 0.4) is 0 Å². The summed E-state index contributed by atoms with van der Waals surface area (Å²) in [5, 5.41) is 18.6. The number of amides is 1. The van der Waals surface area contributed by atoms with Crippen molar-refractivity contribution in [3.63, 3.8) is 0 Å². The number of phenols is 1. The monoisotopic (exact) mass is 271 g/mol. The summed E-state index contributed by atoms with van der Waals surface area (Å²) in [6.45, 7) is 0.676. The average Bonchev–Trinajstić information content (AvgIpc) is 2.16. The van der Waals surface area contributed by atoms with Gasteiger partial charge < -0.3 is 15.1 Å². The predicted molar refractivity (Wildman–Crippen MR) is 57.7 cm³/mol. The third-order valence-corrected chi connectivity index (χ3v) is 2.83. The van der Waals surface area contributed by atoms with Gasteiger partial charge in [-0.2, -0.15) is 0 Å². The lowest BCUT2D eigenvalue weighted by Crippen LogP contribution is -2.53. The van der Waals surface area contributed by atoms with E-state index in [-0.39, 0.29) is 17.2 Å². The fraction of sp³-hybridized carbons (Fsp3) is 0.300. The number of aliphatic hydroxyl groups is 1. The fourth-order valence-corrected chi connectivity index (χ4v) is 1.83. The molecular formula is C10H10BrNO3. The predicted octanol–water partition coefficient (Wildman–Crippen LogP) is 0.971. The van der Waals surface area contributed by atoms with Crippen molar-refractivity contribution in [3.05, 3.63) is 28.2 Å². The molecule has 15 heavy (non-hydrogen) atoms. The second-order valence-corrected chi connectivity index (χ2v) is 4.44. The first-order chi connectivity index (χ1) is 7.08. The van der Waals surface area contributed by atoms with Crippen LogP contribution in [0.25, 0.3) is 0 Å². The van der Waals surface area contributed by atoms with Crippen LogP contribution in [0.15, 0.2) is 22.7 Å². The van der Waals surface area contributed by atoms with Crippen molar-refractivity contribution in [2.24, 2.45) is 0 Å². The number of aromatic hydroxyl groups is 1. The van der Waals surface area contributed by atoms with Gasteiger partial charge in [0.1, 0.15) is 5.75 Å². The van der Waals surface area contributed by atoms with E-state index >= 15 is 0 Å². The lowest BCUT2D eigenvalue weighted by molar-refractivity contribution is 0.00570. The van der Waals surface area contributed by atoms with Crippen molar-refractivity contribution in [2.45, 2.75) is 6.10 Å². The van der Waals surface area contributed by atoms with Gasteiger partial charge in [0.2, 0.25) is 0 Å². The van der Waals surface area contributed by atoms with E-state index in [4.69, 9.17) is 5.11 Å². The summed E-state index contributed by atoms with van der Waals surface area (Å²) in [6, 6.07) is 4.70. The van der Waals surface area contributed by atoms with Crippen molar-refractivity contribution in [1.82, 2.24) is 4.90 Å². The smallest absolute Gasteiger partial charge is 0.257 e. The molecule has 1 heterocycles. The van der Waals surface area contributed by atoms with E-state index in [2.05, 4.69) is 15.9 Å². The lowest BCUT2D eigenvalue weighted by atomic mass is 10.1. The van der Waals surface area contributed by atoms with Gasteiger partial charge in [-0.25, -0.2) is 0 Å². The third kappa shape index (κ3) is 1.98. The van der Waals surface area contributed by atoms with E-state index < -0.39 is 6.10 Å². The molecule has 2 N–H and O–H groups in total. The van der Waals surface area contributed by atoms with Crippen molar-refractivity contribution in [2.75, 3.05) is 13.1 Å². The number of hydrogen-bond acceptors (Lipinski definition) is 3. The molecule has 0 atom stereocenters. The first-order valence-electron chi connectivity index (χ1n) is 4.54. The van der Waals surface area contributed by atoms with Crippen LogP contribution in [0.4, 0.5) is 0 Å². The van der Waals surface area contributed by atoms with Crippen LogP contribution < -0.4 is 0 Å². The number of rotatable bonds is 1. The zero-order valence-electron chi connectivity index (χ0n) is 7.85. The van der Waals surface area contributed by atoms with E-state index in [0.717, 1.165) is 4.47 Å². The maximum atomic E-state index is 11.8. The number of benzene rings is 1. The molecule has 5 heteroatoms. The van der Waals surface area contributed by atoms with Crippen LogP contribution >= 0.6 is 15.9 Å². The number of β-amino-alcohol motifs (C(OH)–C–C–N with tert-alkyl or cyclic N) is 1. The van der Waals surface area contributed by atoms with Gasteiger partial charge in [0.15, 0.2) is 0 Å². The van der Waals surface area contributed by atoms with Gasteiger partial charge in [-0.3, -0.25) is 4.79 Å². The van der Waals surface area contributed by atoms with Crippen molar-refractivity contribution < 1.29 is 15.0 Å². The first kappa shape index (κ1) is 10.4. The lowest BCUT2D eigenvalue weighted by Gasteiger charge is -2.35. The Morgan fingerprint density at radius 1 is 1.47 bits per heavy atom. The third-order valence-electron chi connectivity index (χ3n) is 2.34. The second kappa shape index (κ2) is 3.83. The normalized spacial score (nSPS) is 16.3. The molecule has 0 unspecified atom stereocenters. The summed E-state index contributed by atoms with van der Waals surface area (Å²) in [7, 11) is 0. The van der Waals surface area contributed by atoms with Crippen LogP contribution in [-0.4, -0.2) is 40.2 Å². The number of halogens is 1. The molecule has 0 radical (unpaired) electrons. The Balaban J connectivity index is 2.22. The molecule has 1 saturated heterocycles. The van der Waals surface area contributed by atoms with E-state index in [1.54, 1.807) is 12.1 Å². The van der Waals surface area contributed by atoms with Crippen LogP contribution in [0.2, 0.25) is 0 Å². The van der Waals surface area contributed by atoms with Crippen LogP contribution in [0.1, 0.15) is 10.4 Å². The Kier molecular flexibility index (Phi) is 2.67. The molecule has 4 nitrogen and oxygen atoms in total. The van der Waals surface area contributed by atoms with Crippen LogP contribution in [0, 0.1) is 0 Å². The number of aliphatic hydroxyl groups excluding tert-OH is 1. The number of likely N-dealkylation sites (tertiary alicyclic amines) is 1. The van der Waals surface area contributed by atoms with Crippen LogP contribution in [0.5, 0.6) is 5.75 Å². The summed E-state index contributed by atoms with van der Waals surface area (Å²) in [6.07, 6.45) is -0.428.